The lowest BCUT2D eigenvalue weighted by molar-refractivity contribution is 0.0924. The molecule has 0 bridgehead atoms. The Balaban J connectivity index is 1.58. The predicted octanol–water partition coefficient (Wildman–Crippen LogP) is 4.34. The monoisotopic (exact) mass is 429 g/mol. The summed E-state index contributed by atoms with van der Waals surface area (Å²) in [6.45, 7) is 2.37. The van der Waals surface area contributed by atoms with Crippen LogP contribution in [-0.2, 0) is 0 Å². The second-order valence-corrected chi connectivity index (χ2v) is 7.29. The number of rotatable bonds is 3. The van der Waals surface area contributed by atoms with Crippen molar-refractivity contribution < 1.29 is 13.9 Å². The van der Waals surface area contributed by atoms with Crippen LogP contribution in [0.25, 0.3) is 5.69 Å². The Morgan fingerprint density at radius 1 is 1.30 bits per heavy atom. The van der Waals surface area contributed by atoms with Gasteiger partial charge in [-0.15, -0.1) is 0 Å². The molecule has 0 saturated heterocycles. The quantitative estimate of drug-likeness (QED) is 0.673. The second-order valence-electron chi connectivity index (χ2n) is 6.38. The third kappa shape index (κ3) is 3.47. The van der Waals surface area contributed by atoms with Crippen LogP contribution in [-0.4, -0.2) is 22.3 Å². The molecule has 0 spiro atoms. The van der Waals surface area contributed by atoms with E-state index in [-0.39, 0.29) is 17.8 Å². The van der Waals surface area contributed by atoms with Crippen molar-refractivity contribution >= 4 is 21.8 Å². The Morgan fingerprint density at radius 3 is 2.85 bits per heavy atom. The number of ether oxygens (including phenoxy) is 1. The van der Waals surface area contributed by atoms with Crippen molar-refractivity contribution in [2.45, 2.75) is 19.4 Å². The fourth-order valence-electron chi connectivity index (χ4n) is 3.23. The molecular weight excluding hydrogens is 413 g/mol. The van der Waals surface area contributed by atoms with E-state index in [1.54, 1.807) is 16.8 Å². The van der Waals surface area contributed by atoms with Crippen molar-refractivity contribution in [3.8, 4) is 11.4 Å². The number of nitrogens with one attached hydrogen (secondary N) is 1. The molecule has 1 amide bonds. The lowest BCUT2D eigenvalue weighted by atomic mass is 10.00. The maximum absolute atomic E-state index is 13.1. The first kappa shape index (κ1) is 17.7. The van der Waals surface area contributed by atoms with Gasteiger partial charge >= 0.3 is 0 Å². The molecule has 27 heavy (non-hydrogen) atoms. The molecule has 1 aliphatic heterocycles. The van der Waals surface area contributed by atoms with E-state index >= 15 is 0 Å². The zero-order valence-corrected chi connectivity index (χ0v) is 16.2. The number of carbonyl (C=O) groups is 1. The van der Waals surface area contributed by atoms with Crippen LogP contribution < -0.4 is 10.1 Å². The molecule has 1 unspecified atom stereocenters. The molecule has 4 rings (SSSR count). The average Bonchev–Trinajstić information content (AvgIpc) is 3.04. The van der Waals surface area contributed by atoms with Crippen molar-refractivity contribution in [1.82, 2.24) is 15.1 Å². The first-order valence-corrected chi connectivity index (χ1v) is 9.36. The molecule has 0 saturated carbocycles. The molecule has 0 radical (unpaired) electrons. The predicted molar refractivity (Wildman–Crippen MR) is 103 cm³/mol. The number of nitrogens with zero attached hydrogens (tertiary/aromatic N) is 2. The minimum atomic E-state index is -0.314. The summed E-state index contributed by atoms with van der Waals surface area (Å²) < 4.78 is 21.4. The Hall–Kier alpha value is -2.67. The minimum Gasteiger partial charge on any atom is -0.493 e. The van der Waals surface area contributed by atoms with Crippen LogP contribution in [0.15, 0.2) is 53.1 Å². The van der Waals surface area contributed by atoms with Gasteiger partial charge < -0.3 is 10.1 Å². The molecule has 2 heterocycles. The van der Waals surface area contributed by atoms with Gasteiger partial charge in [-0.1, -0.05) is 15.9 Å². The van der Waals surface area contributed by atoms with Gasteiger partial charge in [-0.05, 0) is 49.4 Å². The van der Waals surface area contributed by atoms with Gasteiger partial charge in [-0.2, -0.15) is 5.10 Å². The zero-order valence-electron chi connectivity index (χ0n) is 14.6. The third-order valence-corrected chi connectivity index (χ3v) is 5.14. The lowest BCUT2D eigenvalue weighted by Crippen LogP contribution is -2.32. The SMILES string of the molecule is Cc1c(C(=O)NC2CCOc3ccc(Br)cc32)cnn1-c1ccc(F)cc1. The maximum Gasteiger partial charge on any atom is 0.255 e. The summed E-state index contributed by atoms with van der Waals surface area (Å²) in [4.78, 5) is 12.9. The first-order chi connectivity index (χ1) is 13.0. The Bertz CT molecular complexity index is 1000. The van der Waals surface area contributed by atoms with E-state index in [9.17, 15) is 9.18 Å². The highest BCUT2D eigenvalue weighted by atomic mass is 79.9. The van der Waals surface area contributed by atoms with E-state index in [0.717, 1.165) is 15.8 Å². The maximum atomic E-state index is 13.1. The summed E-state index contributed by atoms with van der Waals surface area (Å²) in [5.74, 6) is 0.276. The van der Waals surface area contributed by atoms with Gasteiger partial charge in [0.25, 0.3) is 5.91 Å². The molecule has 138 valence electrons. The molecule has 1 N–H and O–H groups in total. The topological polar surface area (TPSA) is 56.1 Å². The molecule has 1 aliphatic rings. The standard InChI is InChI=1S/C20H17BrFN3O2/c1-12-17(11-23-25(12)15-5-3-14(22)4-6-15)20(26)24-18-8-9-27-19-7-2-13(21)10-16(18)19/h2-7,10-11,18H,8-9H2,1H3,(H,24,26). The number of carbonyl (C=O) groups excluding carboxylic acids is 1. The number of hydrogen-bond acceptors (Lipinski definition) is 3. The normalized spacial score (nSPS) is 15.7. The summed E-state index contributed by atoms with van der Waals surface area (Å²) >= 11 is 3.47. The van der Waals surface area contributed by atoms with Crippen LogP contribution in [0, 0.1) is 12.7 Å². The zero-order chi connectivity index (χ0) is 19.0. The molecule has 1 aromatic heterocycles. The van der Waals surface area contributed by atoms with Crippen LogP contribution in [0.1, 0.15) is 34.1 Å². The van der Waals surface area contributed by atoms with Crippen LogP contribution in [0.2, 0.25) is 0 Å². The Morgan fingerprint density at radius 2 is 2.07 bits per heavy atom. The molecule has 0 aliphatic carbocycles. The summed E-state index contributed by atoms with van der Waals surface area (Å²) in [5.41, 5.74) is 2.84. The summed E-state index contributed by atoms with van der Waals surface area (Å²) in [6, 6.07) is 11.6. The van der Waals surface area contributed by atoms with Crippen LogP contribution >= 0.6 is 15.9 Å². The number of fused-ring (bicyclic) bond motifs is 1. The largest absolute Gasteiger partial charge is 0.493 e. The van der Waals surface area contributed by atoms with E-state index in [2.05, 4.69) is 26.3 Å². The van der Waals surface area contributed by atoms with Gasteiger partial charge in [-0.3, -0.25) is 4.79 Å². The molecular formula is C20H17BrFN3O2. The van der Waals surface area contributed by atoms with Crippen molar-refractivity contribution in [3.63, 3.8) is 0 Å². The highest BCUT2D eigenvalue weighted by Gasteiger charge is 2.25. The van der Waals surface area contributed by atoms with Crippen LogP contribution in [0.5, 0.6) is 5.75 Å². The molecule has 3 aromatic rings. The summed E-state index contributed by atoms with van der Waals surface area (Å²) in [5, 5.41) is 7.37. The molecule has 2 aromatic carbocycles. The van der Waals surface area contributed by atoms with Gasteiger partial charge in [0.1, 0.15) is 11.6 Å². The van der Waals surface area contributed by atoms with Crippen molar-refractivity contribution in [2.24, 2.45) is 0 Å². The lowest BCUT2D eigenvalue weighted by Gasteiger charge is -2.27. The average molecular weight is 430 g/mol. The highest BCUT2D eigenvalue weighted by molar-refractivity contribution is 9.10. The third-order valence-electron chi connectivity index (χ3n) is 4.64. The smallest absolute Gasteiger partial charge is 0.255 e. The van der Waals surface area contributed by atoms with Gasteiger partial charge in [0.2, 0.25) is 0 Å². The second kappa shape index (κ2) is 7.15. The molecule has 7 heteroatoms. The van der Waals surface area contributed by atoms with E-state index in [0.29, 0.717) is 30.0 Å². The molecule has 0 fully saturated rings. The molecule has 5 nitrogen and oxygen atoms in total. The van der Waals surface area contributed by atoms with Crippen molar-refractivity contribution in [2.75, 3.05) is 6.61 Å². The number of halogens is 2. The number of aromatic nitrogens is 2. The van der Waals surface area contributed by atoms with Crippen molar-refractivity contribution in [3.05, 3.63) is 75.8 Å². The minimum absolute atomic E-state index is 0.132. The summed E-state index contributed by atoms with van der Waals surface area (Å²) in [7, 11) is 0. The Kier molecular flexibility index (Phi) is 4.70. The van der Waals surface area contributed by atoms with E-state index in [1.165, 1.54) is 18.3 Å². The van der Waals surface area contributed by atoms with Gasteiger partial charge in [0.05, 0.1) is 35.8 Å². The number of amides is 1. The van der Waals surface area contributed by atoms with Crippen molar-refractivity contribution in [1.29, 1.82) is 0 Å². The summed E-state index contributed by atoms with van der Waals surface area (Å²) in [6.07, 6.45) is 2.23. The fourth-order valence-corrected chi connectivity index (χ4v) is 3.61. The van der Waals surface area contributed by atoms with Crippen LogP contribution in [0.3, 0.4) is 0 Å². The van der Waals surface area contributed by atoms with Crippen LogP contribution in [0.4, 0.5) is 4.39 Å². The Labute approximate surface area is 164 Å². The number of benzene rings is 2. The van der Waals surface area contributed by atoms with Gasteiger partial charge in [0.15, 0.2) is 0 Å². The van der Waals surface area contributed by atoms with E-state index in [1.807, 2.05) is 25.1 Å². The highest BCUT2D eigenvalue weighted by Crippen LogP contribution is 2.34. The van der Waals surface area contributed by atoms with E-state index < -0.39 is 0 Å². The number of hydrogen-bond donors (Lipinski definition) is 1. The van der Waals surface area contributed by atoms with Gasteiger partial charge in [-0.25, -0.2) is 9.07 Å². The van der Waals surface area contributed by atoms with Gasteiger partial charge in [0, 0.05) is 16.5 Å². The fraction of sp³-hybridized carbons (Fsp3) is 0.200. The molecule has 1 atom stereocenters. The van der Waals surface area contributed by atoms with E-state index in [4.69, 9.17) is 4.74 Å². The first-order valence-electron chi connectivity index (χ1n) is 8.56.